The van der Waals surface area contributed by atoms with Crippen molar-refractivity contribution in [2.75, 3.05) is 13.2 Å². The summed E-state index contributed by atoms with van der Waals surface area (Å²) in [6, 6.07) is 10.2. The van der Waals surface area contributed by atoms with E-state index in [1.165, 1.54) is 0 Å². The number of rotatable bonds is 6. The first kappa shape index (κ1) is 16.5. The molecule has 0 saturated carbocycles. The highest BCUT2D eigenvalue weighted by Gasteiger charge is 2.41. The summed E-state index contributed by atoms with van der Waals surface area (Å²) < 4.78 is 5.35. The van der Waals surface area contributed by atoms with E-state index in [9.17, 15) is 4.79 Å². The van der Waals surface area contributed by atoms with Crippen LogP contribution in [0.2, 0.25) is 0 Å². The summed E-state index contributed by atoms with van der Waals surface area (Å²) in [6.07, 6.45) is 9.94. The molecule has 0 aromatic heterocycles. The van der Waals surface area contributed by atoms with E-state index >= 15 is 0 Å². The number of carbonyl (C=O) groups excluding carboxylic acids is 1. The number of carbonyl (C=O) groups is 1. The predicted octanol–water partition coefficient (Wildman–Crippen LogP) is 3.37. The predicted molar refractivity (Wildman–Crippen MR) is 89.7 cm³/mol. The summed E-state index contributed by atoms with van der Waals surface area (Å²) in [7, 11) is 0. The fraction of sp³-hybridized carbons (Fsp3) is 0.421. The smallest absolute Gasteiger partial charge is 0.320 e. The van der Waals surface area contributed by atoms with Gasteiger partial charge in [0.2, 0.25) is 0 Å². The lowest BCUT2D eigenvalue weighted by Crippen LogP contribution is -2.41. The van der Waals surface area contributed by atoms with E-state index in [2.05, 4.69) is 17.5 Å². The number of allylic oxidation sites excluding steroid dienone is 1. The third-order valence-electron chi connectivity index (χ3n) is 4.12. The van der Waals surface area contributed by atoms with Gasteiger partial charge in [0.05, 0.1) is 6.61 Å². The van der Waals surface area contributed by atoms with Crippen molar-refractivity contribution in [3.8, 4) is 0 Å². The lowest BCUT2D eigenvalue weighted by molar-refractivity contribution is -0.148. The number of hydrogen-bond donors (Lipinski definition) is 1. The molecule has 3 nitrogen and oxygen atoms in total. The Morgan fingerprint density at radius 1 is 1.41 bits per heavy atom. The molecule has 3 heteroatoms. The molecule has 1 aromatic rings. The first-order valence-electron chi connectivity index (χ1n) is 7.99. The molecular formula is C19H25NO2. The highest BCUT2D eigenvalue weighted by molar-refractivity contribution is 5.86. The first-order valence-corrected chi connectivity index (χ1v) is 7.99. The van der Waals surface area contributed by atoms with E-state index in [-0.39, 0.29) is 5.97 Å². The Bertz CT molecular complexity index is 536. The van der Waals surface area contributed by atoms with E-state index in [1.54, 1.807) is 0 Å². The van der Waals surface area contributed by atoms with Gasteiger partial charge in [-0.3, -0.25) is 4.79 Å². The monoisotopic (exact) mass is 299 g/mol. The highest BCUT2D eigenvalue weighted by Crippen LogP contribution is 2.36. The molecule has 22 heavy (non-hydrogen) atoms. The SMILES string of the molecule is CC=CCNC1C=CC(C(=O)OCC)(c2ccccc2)CC1. The molecular weight excluding hydrogens is 274 g/mol. The maximum atomic E-state index is 12.6. The third-order valence-corrected chi connectivity index (χ3v) is 4.12. The topological polar surface area (TPSA) is 38.3 Å². The van der Waals surface area contributed by atoms with Crippen molar-refractivity contribution in [3.63, 3.8) is 0 Å². The van der Waals surface area contributed by atoms with E-state index in [0.29, 0.717) is 12.6 Å². The maximum Gasteiger partial charge on any atom is 0.320 e. The minimum absolute atomic E-state index is 0.149. The van der Waals surface area contributed by atoms with E-state index in [4.69, 9.17) is 4.74 Å². The van der Waals surface area contributed by atoms with E-state index in [1.807, 2.05) is 56.3 Å². The van der Waals surface area contributed by atoms with Crippen LogP contribution in [-0.2, 0) is 14.9 Å². The van der Waals surface area contributed by atoms with Gasteiger partial charge in [-0.25, -0.2) is 0 Å². The average Bonchev–Trinajstić information content (AvgIpc) is 2.57. The summed E-state index contributed by atoms with van der Waals surface area (Å²) in [6.45, 7) is 5.12. The first-order chi connectivity index (χ1) is 10.7. The van der Waals surface area contributed by atoms with Crippen LogP contribution < -0.4 is 5.32 Å². The second kappa shape index (κ2) is 7.95. The van der Waals surface area contributed by atoms with Gasteiger partial charge in [-0.05, 0) is 32.3 Å². The Kier molecular flexibility index (Phi) is 5.96. The van der Waals surface area contributed by atoms with Crippen molar-refractivity contribution in [1.29, 1.82) is 0 Å². The maximum absolute atomic E-state index is 12.6. The average molecular weight is 299 g/mol. The molecule has 0 spiro atoms. The Balaban J connectivity index is 2.21. The molecule has 0 radical (unpaired) electrons. The van der Waals surface area contributed by atoms with Crippen LogP contribution in [0.3, 0.4) is 0 Å². The van der Waals surface area contributed by atoms with Gasteiger partial charge in [0.1, 0.15) is 5.41 Å². The molecule has 0 fully saturated rings. The Morgan fingerprint density at radius 3 is 2.77 bits per heavy atom. The van der Waals surface area contributed by atoms with Crippen molar-refractivity contribution in [2.45, 2.75) is 38.1 Å². The number of hydrogen-bond acceptors (Lipinski definition) is 3. The number of esters is 1. The Labute approximate surface area is 133 Å². The standard InChI is InChI=1S/C19H25NO2/c1-3-5-15-20-17-11-13-19(14-12-17,18(21)22-4-2)16-9-7-6-8-10-16/h3,5-11,13,17,20H,4,12,14-15H2,1-2H3. The number of ether oxygens (including phenoxy) is 1. The molecule has 0 amide bonds. The second-order valence-electron chi connectivity index (χ2n) is 5.54. The zero-order chi connectivity index (χ0) is 15.8. The van der Waals surface area contributed by atoms with Crippen molar-refractivity contribution in [3.05, 3.63) is 60.2 Å². The second-order valence-corrected chi connectivity index (χ2v) is 5.54. The number of benzene rings is 1. The fourth-order valence-electron chi connectivity index (χ4n) is 2.87. The zero-order valence-corrected chi connectivity index (χ0v) is 13.4. The van der Waals surface area contributed by atoms with Gasteiger partial charge < -0.3 is 10.1 Å². The molecule has 1 aliphatic rings. The van der Waals surface area contributed by atoms with Crippen molar-refractivity contribution in [1.82, 2.24) is 5.32 Å². The highest BCUT2D eigenvalue weighted by atomic mass is 16.5. The summed E-state index contributed by atoms with van der Waals surface area (Å²) >= 11 is 0. The van der Waals surface area contributed by atoms with Crippen molar-refractivity contribution >= 4 is 5.97 Å². The van der Waals surface area contributed by atoms with Crippen LogP contribution in [-0.4, -0.2) is 25.2 Å². The lowest BCUT2D eigenvalue weighted by atomic mass is 9.72. The van der Waals surface area contributed by atoms with E-state index < -0.39 is 5.41 Å². The van der Waals surface area contributed by atoms with Gasteiger partial charge in [-0.1, -0.05) is 54.6 Å². The van der Waals surface area contributed by atoms with Crippen LogP contribution in [0.1, 0.15) is 32.3 Å². The summed E-state index contributed by atoms with van der Waals surface area (Å²) in [4.78, 5) is 12.6. The molecule has 0 heterocycles. The molecule has 0 saturated heterocycles. The van der Waals surface area contributed by atoms with Crippen molar-refractivity contribution in [2.24, 2.45) is 0 Å². The van der Waals surface area contributed by atoms with E-state index in [0.717, 1.165) is 24.9 Å². The van der Waals surface area contributed by atoms with Crippen LogP contribution in [0, 0.1) is 0 Å². The van der Waals surface area contributed by atoms with Gasteiger partial charge in [-0.15, -0.1) is 0 Å². The molecule has 0 bridgehead atoms. The third kappa shape index (κ3) is 3.66. The molecule has 1 N–H and O–H groups in total. The van der Waals surface area contributed by atoms with Crippen molar-refractivity contribution < 1.29 is 9.53 Å². The molecule has 1 aromatic carbocycles. The van der Waals surface area contributed by atoms with Crippen LogP contribution in [0.25, 0.3) is 0 Å². The molecule has 2 atom stereocenters. The normalized spacial score (nSPS) is 24.5. The largest absolute Gasteiger partial charge is 0.465 e. The molecule has 1 aliphatic carbocycles. The Morgan fingerprint density at radius 2 is 2.18 bits per heavy atom. The van der Waals surface area contributed by atoms with Gasteiger partial charge in [0, 0.05) is 12.6 Å². The fourth-order valence-corrected chi connectivity index (χ4v) is 2.87. The Hall–Kier alpha value is -1.87. The van der Waals surface area contributed by atoms with Gasteiger partial charge in [-0.2, -0.15) is 0 Å². The van der Waals surface area contributed by atoms with Gasteiger partial charge >= 0.3 is 5.97 Å². The molecule has 118 valence electrons. The van der Waals surface area contributed by atoms with Crippen LogP contribution in [0.4, 0.5) is 0 Å². The summed E-state index contributed by atoms with van der Waals surface area (Å²) in [5, 5.41) is 3.46. The minimum atomic E-state index is -0.643. The minimum Gasteiger partial charge on any atom is -0.465 e. The van der Waals surface area contributed by atoms with Gasteiger partial charge in [0.25, 0.3) is 0 Å². The van der Waals surface area contributed by atoms with Crippen LogP contribution in [0.5, 0.6) is 0 Å². The summed E-state index contributed by atoms with van der Waals surface area (Å²) in [5.74, 6) is -0.149. The lowest BCUT2D eigenvalue weighted by Gasteiger charge is -2.34. The molecule has 2 rings (SSSR count). The zero-order valence-electron chi connectivity index (χ0n) is 13.4. The number of nitrogens with one attached hydrogen (secondary N) is 1. The van der Waals surface area contributed by atoms with Crippen LogP contribution in [0.15, 0.2) is 54.6 Å². The molecule has 0 aliphatic heterocycles. The quantitative estimate of drug-likeness (QED) is 0.646. The van der Waals surface area contributed by atoms with Crippen LogP contribution >= 0.6 is 0 Å². The molecule has 2 unspecified atom stereocenters. The van der Waals surface area contributed by atoms with Gasteiger partial charge in [0.15, 0.2) is 0 Å². The summed E-state index contributed by atoms with van der Waals surface area (Å²) in [5.41, 5.74) is 0.368.